The third-order valence-corrected chi connectivity index (χ3v) is 5.33. The Kier molecular flexibility index (Phi) is 4.06. The van der Waals surface area contributed by atoms with E-state index in [1.54, 1.807) is 11.3 Å². The predicted molar refractivity (Wildman–Crippen MR) is 71.8 cm³/mol. The molecule has 90 valence electrons. The summed E-state index contributed by atoms with van der Waals surface area (Å²) < 4.78 is 7.11. The molecule has 1 saturated carbocycles. The summed E-state index contributed by atoms with van der Waals surface area (Å²) >= 11 is 5.28. The summed E-state index contributed by atoms with van der Waals surface area (Å²) in [6, 6.07) is 2.07. The normalized spacial score (nSPS) is 21.2. The Bertz CT molecular complexity index is 347. The molecule has 0 bridgehead atoms. The highest BCUT2D eigenvalue weighted by Gasteiger charge is 2.42. The number of ether oxygens (including phenoxy) is 1. The monoisotopic (exact) mass is 303 g/mol. The molecule has 1 fully saturated rings. The maximum absolute atomic E-state index is 6.42. The van der Waals surface area contributed by atoms with E-state index in [-0.39, 0.29) is 11.6 Å². The van der Waals surface area contributed by atoms with Crippen molar-refractivity contribution in [3.63, 3.8) is 0 Å². The molecule has 1 aliphatic rings. The Morgan fingerprint density at radius 3 is 2.75 bits per heavy atom. The van der Waals surface area contributed by atoms with Gasteiger partial charge in [0.25, 0.3) is 0 Å². The van der Waals surface area contributed by atoms with Gasteiger partial charge in [0.1, 0.15) is 0 Å². The Labute approximate surface area is 109 Å². The highest BCUT2D eigenvalue weighted by Crippen LogP contribution is 2.44. The highest BCUT2D eigenvalue weighted by atomic mass is 79.9. The Balaban J connectivity index is 2.23. The van der Waals surface area contributed by atoms with E-state index in [9.17, 15) is 0 Å². The van der Waals surface area contributed by atoms with Crippen LogP contribution in [0.4, 0.5) is 0 Å². The van der Waals surface area contributed by atoms with Gasteiger partial charge in [-0.2, -0.15) is 0 Å². The molecule has 0 spiro atoms. The highest BCUT2D eigenvalue weighted by molar-refractivity contribution is 9.10. The molecule has 2 nitrogen and oxygen atoms in total. The minimum Gasteiger partial charge on any atom is -0.373 e. The largest absolute Gasteiger partial charge is 0.373 e. The van der Waals surface area contributed by atoms with E-state index >= 15 is 0 Å². The lowest BCUT2D eigenvalue weighted by molar-refractivity contribution is -0.0530. The first-order valence-electron chi connectivity index (χ1n) is 5.82. The zero-order valence-corrected chi connectivity index (χ0v) is 11.9. The van der Waals surface area contributed by atoms with Gasteiger partial charge in [-0.1, -0.05) is 12.8 Å². The minimum atomic E-state index is -0.123. The second kappa shape index (κ2) is 5.17. The fourth-order valence-electron chi connectivity index (χ4n) is 2.57. The van der Waals surface area contributed by atoms with Crippen LogP contribution >= 0.6 is 27.3 Å². The zero-order chi connectivity index (χ0) is 11.6. The van der Waals surface area contributed by atoms with Crippen molar-refractivity contribution >= 4 is 27.3 Å². The van der Waals surface area contributed by atoms with Gasteiger partial charge in [0, 0.05) is 16.0 Å². The van der Waals surface area contributed by atoms with Gasteiger partial charge in [-0.05, 0) is 47.1 Å². The van der Waals surface area contributed by atoms with Crippen LogP contribution in [0.25, 0.3) is 0 Å². The van der Waals surface area contributed by atoms with E-state index in [0.717, 1.165) is 23.9 Å². The van der Waals surface area contributed by atoms with E-state index < -0.39 is 0 Å². The SMILES string of the molecule is CCOC1(C(N)c2sccc2Br)CCCC1. The summed E-state index contributed by atoms with van der Waals surface area (Å²) in [4.78, 5) is 1.22. The molecule has 2 N–H and O–H groups in total. The number of rotatable bonds is 4. The summed E-state index contributed by atoms with van der Waals surface area (Å²) in [6.07, 6.45) is 4.64. The van der Waals surface area contributed by atoms with Gasteiger partial charge < -0.3 is 10.5 Å². The molecule has 1 unspecified atom stereocenters. The lowest BCUT2D eigenvalue weighted by Crippen LogP contribution is -2.41. The minimum absolute atomic E-state index is 0.00400. The third-order valence-electron chi connectivity index (χ3n) is 3.38. The molecule has 1 atom stereocenters. The zero-order valence-electron chi connectivity index (χ0n) is 9.54. The van der Waals surface area contributed by atoms with Crippen LogP contribution in [0.2, 0.25) is 0 Å². The summed E-state index contributed by atoms with van der Waals surface area (Å²) in [5.41, 5.74) is 6.30. The third kappa shape index (κ3) is 2.21. The van der Waals surface area contributed by atoms with E-state index in [1.165, 1.54) is 17.7 Å². The number of nitrogens with two attached hydrogens (primary N) is 1. The number of halogens is 1. The lowest BCUT2D eigenvalue weighted by atomic mass is 9.91. The summed E-state index contributed by atoms with van der Waals surface area (Å²) in [7, 11) is 0. The summed E-state index contributed by atoms with van der Waals surface area (Å²) in [5.74, 6) is 0. The summed E-state index contributed by atoms with van der Waals surface area (Å²) in [6.45, 7) is 2.80. The first-order chi connectivity index (χ1) is 7.69. The molecular formula is C12H18BrNOS. The average Bonchev–Trinajstić information content (AvgIpc) is 2.87. The molecule has 1 heterocycles. The maximum atomic E-state index is 6.42. The molecule has 16 heavy (non-hydrogen) atoms. The molecule has 1 aromatic heterocycles. The molecule has 4 heteroatoms. The number of hydrogen-bond donors (Lipinski definition) is 1. The van der Waals surface area contributed by atoms with Crippen LogP contribution in [0.1, 0.15) is 43.5 Å². The fourth-order valence-corrected chi connectivity index (χ4v) is 4.30. The van der Waals surface area contributed by atoms with E-state index in [1.807, 2.05) is 0 Å². The van der Waals surface area contributed by atoms with Crippen molar-refractivity contribution in [2.24, 2.45) is 5.73 Å². The van der Waals surface area contributed by atoms with Gasteiger partial charge in [-0.15, -0.1) is 11.3 Å². The number of thiophene rings is 1. The van der Waals surface area contributed by atoms with Crippen LogP contribution in [0.3, 0.4) is 0 Å². The Morgan fingerprint density at radius 2 is 2.25 bits per heavy atom. The van der Waals surface area contributed by atoms with Crippen molar-refractivity contribution in [2.45, 2.75) is 44.2 Å². The van der Waals surface area contributed by atoms with Gasteiger partial charge in [-0.25, -0.2) is 0 Å². The molecular weight excluding hydrogens is 286 g/mol. The average molecular weight is 304 g/mol. The van der Waals surface area contributed by atoms with Gasteiger partial charge in [-0.3, -0.25) is 0 Å². The van der Waals surface area contributed by atoms with Gasteiger partial charge in [0.05, 0.1) is 11.6 Å². The first-order valence-corrected chi connectivity index (χ1v) is 7.49. The molecule has 1 aliphatic carbocycles. The molecule has 0 radical (unpaired) electrons. The first kappa shape index (κ1) is 12.6. The van der Waals surface area contributed by atoms with Crippen LogP contribution in [-0.4, -0.2) is 12.2 Å². The lowest BCUT2D eigenvalue weighted by Gasteiger charge is -2.34. The second-order valence-electron chi connectivity index (χ2n) is 4.32. The molecule has 2 rings (SSSR count). The van der Waals surface area contributed by atoms with Crippen molar-refractivity contribution in [1.82, 2.24) is 0 Å². The maximum Gasteiger partial charge on any atom is 0.0882 e. The smallest absolute Gasteiger partial charge is 0.0882 e. The van der Waals surface area contributed by atoms with Gasteiger partial charge >= 0.3 is 0 Å². The van der Waals surface area contributed by atoms with Crippen molar-refractivity contribution in [1.29, 1.82) is 0 Å². The second-order valence-corrected chi connectivity index (χ2v) is 6.12. The van der Waals surface area contributed by atoms with E-state index in [2.05, 4.69) is 34.3 Å². The van der Waals surface area contributed by atoms with Crippen LogP contribution in [0.5, 0.6) is 0 Å². The Morgan fingerprint density at radius 1 is 1.56 bits per heavy atom. The Hall–Kier alpha value is 0.100. The fraction of sp³-hybridized carbons (Fsp3) is 0.667. The van der Waals surface area contributed by atoms with Crippen molar-refractivity contribution < 1.29 is 4.74 Å². The van der Waals surface area contributed by atoms with Crippen molar-refractivity contribution in [2.75, 3.05) is 6.61 Å². The standard InChI is InChI=1S/C12H18BrNOS/c1-2-15-12(6-3-4-7-12)11(14)10-9(13)5-8-16-10/h5,8,11H,2-4,6-7,14H2,1H3. The van der Waals surface area contributed by atoms with E-state index in [0.29, 0.717) is 0 Å². The predicted octanol–water partition coefficient (Wildman–Crippen LogP) is 3.86. The van der Waals surface area contributed by atoms with Crippen LogP contribution in [0.15, 0.2) is 15.9 Å². The van der Waals surface area contributed by atoms with Gasteiger partial charge in [0.15, 0.2) is 0 Å². The molecule has 0 aromatic carbocycles. The quantitative estimate of drug-likeness (QED) is 0.916. The van der Waals surface area contributed by atoms with Crippen molar-refractivity contribution in [3.8, 4) is 0 Å². The number of hydrogen-bond acceptors (Lipinski definition) is 3. The van der Waals surface area contributed by atoms with E-state index in [4.69, 9.17) is 10.5 Å². The van der Waals surface area contributed by atoms with Crippen LogP contribution in [0, 0.1) is 0 Å². The molecule has 0 amide bonds. The summed E-state index contributed by atoms with van der Waals surface area (Å²) in [5, 5.41) is 2.08. The topological polar surface area (TPSA) is 35.2 Å². The molecule has 1 aromatic rings. The van der Waals surface area contributed by atoms with Crippen LogP contribution in [-0.2, 0) is 4.74 Å². The molecule has 0 saturated heterocycles. The van der Waals surface area contributed by atoms with Crippen molar-refractivity contribution in [3.05, 3.63) is 20.8 Å². The molecule has 0 aliphatic heterocycles. The van der Waals surface area contributed by atoms with Crippen LogP contribution < -0.4 is 5.73 Å². The van der Waals surface area contributed by atoms with Gasteiger partial charge in [0.2, 0.25) is 0 Å².